The Bertz CT molecular complexity index is 944. The molecule has 0 aliphatic rings. The molecule has 0 aliphatic heterocycles. The second-order valence-electron chi connectivity index (χ2n) is 5.48. The third-order valence-electron chi connectivity index (χ3n) is 3.77. The lowest BCUT2D eigenvalue weighted by Gasteiger charge is -2.13. The highest BCUT2D eigenvalue weighted by Crippen LogP contribution is 2.39. The van der Waals surface area contributed by atoms with Gasteiger partial charge in [-0.3, -0.25) is 0 Å². The third kappa shape index (κ3) is 3.10. The molecular formula is C17H20N6O3. The normalized spacial score (nSPS) is 11.1. The van der Waals surface area contributed by atoms with Gasteiger partial charge in [0.1, 0.15) is 6.33 Å². The van der Waals surface area contributed by atoms with Gasteiger partial charge in [0, 0.05) is 11.3 Å². The first-order valence-electron chi connectivity index (χ1n) is 7.86. The first kappa shape index (κ1) is 17.5. The Labute approximate surface area is 150 Å². The molecule has 2 heterocycles. The molecule has 0 bridgehead atoms. The number of aromatic nitrogens is 5. The summed E-state index contributed by atoms with van der Waals surface area (Å²) in [5.74, 6) is 2.10. The average Bonchev–Trinajstić information content (AvgIpc) is 3.23. The van der Waals surface area contributed by atoms with Crippen molar-refractivity contribution in [1.29, 1.82) is 0 Å². The van der Waals surface area contributed by atoms with Crippen molar-refractivity contribution in [3.63, 3.8) is 0 Å². The summed E-state index contributed by atoms with van der Waals surface area (Å²) in [5, 5.41) is 16.9. The van der Waals surface area contributed by atoms with Crippen molar-refractivity contribution in [2.24, 2.45) is 5.10 Å². The van der Waals surface area contributed by atoms with E-state index < -0.39 is 0 Å². The molecule has 0 radical (unpaired) electrons. The maximum absolute atomic E-state index is 5.46. The lowest BCUT2D eigenvalue weighted by atomic mass is 10.2. The van der Waals surface area contributed by atoms with Crippen LogP contribution >= 0.6 is 0 Å². The van der Waals surface area contributed by atoms with E-state index in [1.165, 1.54) is 11.0 Å². The van der Waals surface area contributed by atoms with E-state index in [9.17, 15) is 0 Å². The summed E-state index contributed by atoms with van der Waals surface area (Å²) in [6.07, 6.45) is 3.15. The smallest absolute Gasteiger partial charge is 0.273 e. The highest BCUT2D eigenvalue weighted by Gasteiger charge is 2.15. The van der Waals surface area contributed by atoms with Crippen molar-refractivity contribution < 1.29 is 14.2 Å². The quantitative estimate of drug-likeness (QED) is 0.628. The van der Waals surface area contributed by atoms with E-state index in [0.29, 0.717) is 23.2 Å². The van der Waals surface area contributed by atoms with Crippen LogP contribution < -0.4 is 14.2 Å². The molecule has 0 atom stereocenters. The minimum absolute atomic E-state index is 0.492. The Kier molecular flexibility index (Phi) is 4.87. The van der Waals surface area contributed by atoms with Gasteiger partial charge in [-0.25, -0.2) is 4.68 Å². The number of ether oxygens (including phenoxy) is 3. The molecule has 0 saturated carbocycles. The Morgan fingerprint density at radius 3 is 2.42 bits per heavy atom. The van der Waals surface area contributed by atoms with Gasteiger partial charge in [0.05, 0.1) is 33.2 Å². The van der Waals surface area contributed by atoms with Crippen LogP contribution in [0.5, 0.6) is 17.2 Å². The maximum Gasteiger partial charge on any atom is 0.273 e. The van der Waals surface area contributed by atoms with Crippen LogP contribution in [0.1, 0.15) is 17.0 Å². The van der Waals surface area contributed by atoms with E-state index in [4.69, 9.17) is 14.2 Å². The Hall–Kier alpha value is -3.36. The van der Waals surface area contributed by atoms with Crippen LogP contribution in [0, 0.1) is 13.8 Å². The number of methoxy groups -OCH3 is 3. The largest absolute Gasteiger partial charge is 0.493 e. The standard InChI is InChI=1S/C17H20N6O3/c1-11-8-12(2)23(21-11)17-20-18-10-22(17)19-9-13-6-7-14(24-3)16(26-5)15(13)25-4/h6-10H,1-5H3/b19-9-. The van der Waals surface area contributed by atoms with Crippen molar-refractivity contribution in [1.82, 2.24) is 24.7 Å². The summed E-state index contributed by atoms with van der Waals surface area (Å²) >= 11 is 0. The molecule has 0 fully saturated rings. The molecule has 0 N–H and O–H groups in total. The molecule has 1 aromatic carbocycles. The number of benzene rings is 1. The van der Waals surface area contributed by atoms with Gasteiger partial charge in [-0.1, -0.05) is 0 Å². The van der Waals surface area contributed by atoms with Crippen LogP contribution in [-0.2, 0) is 0 Å². The van der Waals surface area contributed by atoms with Gasteiger partial charge in [0.15, 0.2) is 11.5 Å². The van der Waals surface area contributed by atoms with Crippen molar-refractivity contribution in [2.75, 3.05) is 21.3 Å². The lowest BCUT2D eigenvalue weighted by molar-refractivity contribution is 0.324. The van der Waals surface area contributed by atoms with Gasteiger partial charge in [0.25, 0.3) is 5.95 Å². The molecule has 2 aromatic heterocycles. The minimum atomic E-state index is 0.492. The fourth-order valence-electron chi connectivity index (χ4n) is 2.63. The number of rotatable bonds is 6. The van der Waals surface area contributed by atoms with E-state index in [1.807, 2.05) is 26.0 Å². The van der Waals surface area contributed by atoms with Gasteiger partial charge < -0.3 is 14.2 Å². The fraction of sp³-hybridized carbons (Fsp3) is 0.294. The second-order valence-corrected chi connectivity index (χ2v) is 5.48. The highest BCUT2D eigenvalue weighted by atomic mass is 16.5. The summed E-state index contributed by atoms with van der Waals surface area (Å²) in [7, 11) is 4.69. The number of hydrogen-bond acceptors (Lipinski definition) is 7. The highest BCUT2D eigenvalue weighted by molar-refractivity contribution is 5.86. The maximum atomic E-state index is 5.46. The topological polar surface area (TPSA) is 88.6 Å². The summed E-state index contributed by atoms with van der Waals surface area (Å²) in [6.45, 7) is 3.86. The predicted octanol–water partition coefficient (Wildman–Crippen LogP) is 1.99. The van der Waals surface area contributed by atoms with Crippen LogP contribution in [0.25, 0.3) is 5.95 Å². The molecule has 9 heteroatoms. The average molecular weight is 356 g/mol. The molecular weight excluding hydrogens is 336 g/mol. The van der Waals surface area contributed by atoms with Gasteiger partial charge in [-0.2, -0.15) is 14.9 Å². The molecule has 0 spiro atoms. The zero-order valence-corrected chi connectivity index (χ0v) is 15.3. The van der Waals surface area contributed by atoms with Crippen molar-refractivity contribution in [2.45, 2.75) is 13.8 Å². The number of nitrogens with zero attached hydrogens (tertiary/aromatic N) is 6. The van der Waals surface area contributed by atoms with Crippen LogP contribution in [0.4, 0.5) is 0 Å². The SMILES string of the molecule is COc1ccc(/C=N\n2cnnc2-n2nc(C)cc2C)c(OC)c1OC. The zero-order valence-electron chi connectivity index (χ0n) is 15.3. The van der Waals surface area contributed by atoms with Crippen LogP contribution in [0.15, 0.2) is 29.6 Å². The number of hydrogen-bond donors (Lipinski definition) is 0. The van der Waals surface area contributed by atoms with Gasteiger partial charge in [-0.05, 0) is 32.0 Å². The summed E-state index contributed by atoms with van der Waals surface area (Å²) in [6, 6.07) is 5.58. The van der Waals surface area contributed by atoms with E-state index >= 15 is 0 Å². The summed E-state index contributed by atoms with van der Waals surface area (Å²) < 4.78 is 19.4. The summed E-state index contributed by atoms with van der Waals surface area (Å²) in [5.41, 5.74) is 2.55. The van der Waals surface area contributed by atoms with Crippen molar-refractivity contribution in [3.8, 4) is 23.2 Å². The minimum Gasteiger partial charge on any atom is -0.493 e. The van der Waals surface area contributed by atoms with E-state index in [2.05, 4.69) is 20.4 Å². The van der Waals surface area contributed by atoms with Gasteiger partial charge >= 0.3 is 0 Å². The Morgan fingerprint density at radius 2 is 1.81 bits per heavy atom. The molecule has 26 heavy (non-hydrogen) atoms. The Morgan fingerprint density at radius 1 is 1.04 bits per heavy atom. The molecule has 0 unspecified atom stereocenters. The van der Waals surface area contributed by atoms with Crippen LogP contribution in [0.2, 0.25) is 0 Å². The van der Waals surface area contributed by atoms with Gasteiger partial charge in [-0.15, -0.1) is 10.2 Å². The number of aryl methyl sites for hydroxylation is 2. The molecule has 0 aliphatic carbocycles. The van der Waals surface area contributed by atoms with Crippen LogP contribution in [-0.4, -0.2) is 52.2 Å². The molecule has 136 valence electrons. The lowest BCUT2D eigenvalue weighted by Crippen LogP contribution is -2.07. The zero-order chi connectivity index (χ0) is 18.7. The predicted molar refractivity (Wildman–Crippen MR) is 95.7 cm³/mol. The Balaban J connectivity index is 2.00. The van der Waals surface area contributed by atoms with Crippen LogP contribution in [0.3, 0.4) is 0 Å². The molecule has 0 amide bonds. The first-order valence-corrected chi connectivity index (χ1v) is 7.86. The van der Waals surface area contributed by atoms with Crippen molar-refractivity contribution in [3.05, 3.63) is 41.5 Å². The first-order chi connectivity index (χ1) is 12.6. The van der Waals surface area contributed by atoms with E-state index in [-0.39, 0.29) is 0 Å². The summed E-state index contributed by atoms with van der Waals surface area (Å²) in [4.78, 5) is 0. The molecule has 3 aromatic rings. The molecule has 3 rings (SSSR count). The monoisotopic (exact) mass is 356 g/mol. The fourth-order valence-corrected chi connectivity index (χ4v) is 2.63. The molecule has 9 nitrogen and oxygen atoms in total. The van der Waals surface area contributed by atoms with E-state index in [0.717, 1.165) is 17.0 Å². The van der Waals surface area contributed by atoms with E-state index in [1.54, 1.807) is 38.3 Å². The molecule has 0 saturated heterocycles. The third-order valence-corrected chi connectivity index (χ3v) is 3.77. The second kappa shape index (κ2) is 7.26. The van der Waals surface area contributed by atoms with Crippen molar-refractivity contribution >= 4 is 6.21 Å². The van der Waals surface area contributed by atoms with Gasteiger partial charge in [0.2, 0.25) is 5.75 Å².